The molecule has 1 aliphatic carbocycles. The van der Waals surface area contributed by atoms with Crippen molar-refractivity contribution in [3.05, 3.63) is 11.1 Å². The van der Waals surface area contributed by atoms with Crippen molar-refractivity contribution in [1.29, 1.82) is 0 Å². The minimum atomic E-state index is -0.687. The quantitative estimate of drug-likeness (QED) is 0.630. The Balaban J connectivity index is 2.06. The monoisotopic (exact) mass is 264 g/mol. The van der Waals surface area contributed by atoms with Crippen LogP contribution in [0.3, 0.4) is 0 Å². The second-order valence-electron chi connectivity index (χ2n) is 6.25. The molecule has 0 aromatic carbocycles. The predicted molar refractivity (Wildman–Crippen MR) is 68.2 cm³/mol. The Kier molecular flexibility index (Phi) is 2.73. The maximum Gasteiger partial charge on any atom is 0.334 e. The van der Waals surface area contributed by atoms with Gasteiger partial charge in [-0.05, 0) is 44.6 Å². The summed E-state index contributed by atoms with van der Waals surface area (Å²) in [5, 5.41) is 0. The van der Waals surface area contributed by atoms with Crippen LogP contribution in [0.15, 0.2) is 11.1 Å². The van der Waals surface area contributed by atoms with Crippen LogP contribution in [0.4, 0.5) is 0 Å². The van der Waals surface area contributed by atoms with E-state index in [4.69, 9.17) is 9.47 Å². The fourth-order valence-electron chi connectivity index (χ4n) is 3.99. The largest absolute Gasteiger partial charge is 0.455 e. The number of carbonyl (C=O) groups is 2. The van der Waals surface area contributed by atoms with E-state index < -0.39 is 5.60 Å². The summed E-state index contributed by atoms with van der Waals surface area (Å²) in [5.41, 5.74) is 1.06. The molecule has 1 saturated carbocycles. The van der Waals surface area contributed by atoms with E-state index in [2.05, 4.69) is 6.92 Å². The third kappa shape index (κ3) is 1.72. The number of fused-ring (bicyclic) bond motifs is 3. The van der Waals surface area contributed by atoms with E-state index >= 15 is 0 Å². The Labute approximate surface area is 113 Å². The second-order valence-corrected chi connectivity index (χ2v) is 6.25. The van der Waals surface area contributed by atoms with Gasteiger partial charge in [0.25, 0.3) is 0 Å². The Morgan fingerprint density at radius 2 is 1.95 bits per heavy atom. The molecule has 0 unspecified atom stereocenters. The van der Waals surface area contributed by atoms with E-state index in [1.807, 2.05) is 13.8 Å². The van der Waals surface area contributed by atoms with Gasteiger partial charge in [-0.3, -0.25) is 4.79 Å². The molecule has 0 spiro atoms. The molecule has 0 radical (unpaired) electrons. The lowest BCUT2D eigenvalue weighted by atomic mass is 9.73. The Morgan fingerprint density at radius 1 is 1.21 bits per heavy atom. The Bertz CT molecular complexity index is 479. The fourth-order valence-corrected chi connectivity index (χ4v) is 3.99. The van der Waals surface area contributed by atoms with Crippen LogP contribution in [0.2, 0.25) is 0 Å². The van der Waals surface area contributed by atoms with E-state index in [0.717, 1.165) is 24.8 Å². The molecule has 1 saturated heterocycles. The van der Waals surface area contributed by atoms with E-state index in [0.29, 0.717) is 17.9 Å². The van der Waals surface area contributed by atoms with Crippen LogP contribution in [0.5, 0.6) is 0 Å². The molecule has 0 N–H and O–H groups in total. The van der Waals surface area contributed by atoms with Crippen molar-refractivity contribution in [2.75, 3.05) is 0 Å². The molecular formula is C15H20O4. The topological polar surface area (TPSA) is 52.6 Å². The highest BCUT2D eigenvalue weighted by Gasteiger charge is 2.56. The summed E-state index contributed by atoms with van der Waals surface area (Å²) >= 11 is 0. The minimum absolute atomic E-state index is 0.173. The van der Waals surface area contributed by atoms with Gasteiger partial charge in [-0.25, -0.2) is 4.79 Å². The summed E-state index contributed by atoms with van der Waals surface area (Å²) in [6, 6.07) is 0. The molecule has 2 heterocycles. The van der Waals surface area contributed by atoms with Gasteiger partial charge < -0.3 is 9.47 Å². The molecule has 19 heavy (non-hydrogen) atoms. The molecule has 4 atom stereocenters. The molecule has 4 heteroatoms. The molecule has 104 valence electrons. The van der Waals surface area contributed by atoms with Gasteiger partial charge in [0.2, 0.25) is 0 Å². The maximum absolute atomic E-state index is 11.8. The van der Waals surface area contributed by atoms with Crippen LogP contribution in [0, 0.1) is 11.8 Å². The number of ether oxygens (including phenoxy) is 2. The van der Waals surface area contributed by atoms with E-state index in [-0.39, 0.29) is 24.0 Å². The summed E-state index contributed by atoms with van der Waals surface area (Å²) in [6.07, 6.45) is 2.82. The maximum atomic E-state index is 11.8. The van der Waals surface area contributed by atoms with Gasteiger partial charge in [0.15, 0.2) is 11.7 Å². The third-order valence-corrected chi connectivity index (χ3v) is 5.14. The zero-order valence-corrected chi connectivity index (χ0v) is 11.7. The normalized spacial score (nSPS) is 42.2. The van der Waals surface area contributed by atoms with Gasteiger partial charge in [0.1, 0.15) is 0 Å². The van der Waals surface area contributed by atoms with Gasteiger partial charge in [-0.15, -0.1) is 0 Å². The molecular weight excluding hydrogens is 244 g/mol. The third-order valence-electron chi connectivity index (χ3n) is 5.14. The lowest BCUT2D eigenvalue weighted by Crippen LogP contribution is -2.54. The first-order valence-corrected chi connectivity index (χ1v) is 7.06. The molecule has 2 fully saturated rings. The highest BCUT2D eigenvalue weighted by Crippen LogP contribution is 2.49. The molecule has 3 aliphatic rings. The molecule has 0 bridgehead atoms. The van der Waals surface area contributed by atoms with Gasteiger partial charge >= 0.3 is 11.9 Å². The van der Waals surface area contributed by atoms with E-state index in [1.54, 1.807) is 0 Å². The van der Waals surface area contributed by atoms with Gasteiger partial charge in [-0.1, -0.05) is 6.92 Å². The van der Waals surface area contributed by atoms with Crippen LogP contribution in [0.25, 0.3) is 0 Å². The SMILES string of the molecule is CC1=C2CC[C@@H](C)[C@@H]3CCC(=O)O[C@@]3(C)[C@@H]2OC1=O. The highest BCUT2D eigenvalue weighted by atomic mass is 16.6. The van der Waals surface area contributed by atoms with Crippen molar-refractivity contribution in [2.45, 2.75) is 58.2 Å². The lowest BCUT2D eigenvalue weighted by Gasteiger charge is -2.44. The lowest BCUT2D eigenvalue weighted by molar-refractivity contribution is -0.197. The van der Waals surface area contributed by atoms with Crippen molar-refractivity contribution in [3.63, 3.8) is 0 Å². The molecule has 0 aromatic heterocycles. The fraction of sp³-hybridized carbons (Fsp3) is 0.733. The summed E-state index contributed by atoms with van der Waals surface area (Å²) in [6.45, 7) is 5.96. The van der Waals surface area contributed by atoms with Crippen molar-refractivity contribution in [3.8, 4) is 0 Å². The minimum Gasteiger partial charge on any atom is -0.455 e. The van der Waals surface area contributed by atoms with Crippen LogP contribution in [0.1, 0.15) is 46.5 Å². The number of rotatable bonds is 0. The van der Waals surface area contributed by atoms with E-state index in [9.17, 15) is 9.59 Å². The molecule has 4 nitrogen and oxygen atoms in total. The van der Waals surface area contributed by atoms with Crippen molar-refractivity contribution < 1.29 is 19.1 Å². The molecule has 3 rings (SSSR count). The smallest absolute Gasteiger partial charge is 0.334 e. The summed E-state index contributed by atoms with van der Waals surface area (Å²) in [4.78, 5) is 23.5. The van der Waals surface area contributed by atoms with E-state index in [1.165, 1.54) is 0 Å². The second kappa shape index (κ2) is 4.09. The summed E-state index contributed by atoms with van der Waals surface area (Å²) < 4.78 is 11.2. The standard InChI is InChI=1S/C15H20O4/c1-8-4-5-10-9(2)14(17)18-13(10)15(3)11(8)6-7-12(16)19-15/h8,11,13H,4-7H2,1-3H3/t8-,11+,13-,15-/m1/s1. The zero-order valence-electron chi connectivity index (χ0n) is 11.7. The number of carbonyl (C=O) groups excluding carboxylic acids is 2. The van der Waals surface area contributed by atoms with Gasteiger partial charge in [0, 0.05) is 17.9 Å². The first-order valence-electron chi connectivity index (χ1n) is 7.06. The number of hydrogen-bond donors (Lipinski definition) is 0. The van der Waals surface area contributed by atoms with Crippen molar-refractivity contribution in [1.82, 2.24) is 0 Å². The van der Waals surface area contributed by atoms with Gasteiger partial charge in [0.05, 0.1) is 0 Å². The molecule has 0 aromatic rings. The van der Waals surface area contributed by atoms with Crippen molar-refractivity contribution in [2.24, 2.45) is 11.8 Å². The Morgan fingerprint density at radius 3 is 2.68 bits per heavy atom. The molecule has 2 aliphatic heterocycles. The summed E-state index contributed by atoms with van der Waals surface area (Å²) in [5.74, 6) is 0.318. The highest BCUT2D eigenvalue weighted by molar-refractivity contribution is 5.92. The van der Waals surface area contributed by atoms with Crippen LogP contribution < -0.4 is 0 Å². The summed E-state index contributed by atoms with van der Waals surface area (Å²) in [7, 11) is 0. The van der Waals surface area contributed by atoms with Crippen LogP contribution in [-0.2, 0) is 19.1 Å². The average Bonchev–Trinajstić information content (AvgIpc) is 2.58. The van der Waals surface area contributed by atoms with Crippen LogP contribution in [-0.4, -0.2) is 23.6 Å². The van der Waals surface area contributed by atoms with Gasteiger partial charge in [-0.2, -0.15) is 0 Å². The Hall–Kier alpha value is -1.32. The first-order chi connectivity index (χ1) is 8.93. The number of esters is 2. The number of hydrogen-bond acceptors (Lipinski definition) is 4. The predicted octanol–water partition coefficient (Wildman–Crippen LogP) is 2.37. The molecule has 0 amide bonds. The average molecular weight is 264 g/mol. The van der Waals surface area contributed by atoms with Crippen molar-refractivity contribution >= 4 is 11.9 Å². The van der Waals surface area contributed by atoms with Crippen LogP contribution >= 0.6 is 0 Å². The first kappa shape index (κ1) is 12.7. The zero-order chi connectivity index (χ0) is 13.8.